The zero-order valence-electron chi connectivity index (χ0n) is 11.6. The fourth-order valence-corrected chi connectivity index (χ4v) is 2.61. The SMILES string of the molecule is OC1=CCC(O)=C2C[C@H](O)[C@@H](c3ccc(O)c(O)c3)OC2=C1. The Balaban J connectivity index is 1.97. The molecule has 0 amide bonds. The van der Waals surface area contributed by atoms with E-state index in [1.807, 2.05) is 0 Å². The van der Waals surface area contributed by atoms with Crippen molar-refractivity contribution in [2.24, 2.45) is 0 Å². The number of aliphatic hydroxyl groups is 3. The third-order valence-electron chi connectivity index (χ3n) is 3.77. The zero-order valence-corrected chi connectivity index (χ0v) is 11.6. The molecule has 3 rings (SSSR count). The smallest absolute Gasteiger partial charge is 0.157 e. The maximum absolute atomic E-state index is 10.3. The lowest BCUT2D eigenvalue weighted by molar-refractivity contribution is -0.0236. The molecule has 1 heterocycles. The molecule has 1 aromatic rings. The lowest BCUT2D eigenvalue weighted by Crippen LogP contribution is -2.28. The van der Waals surface area contributed by atoms with Crippen molar-refractivity contribution in [2.45, 2.75) is 25.0 Å². The lowest BCUT2D eigenvalue weighted by atomic mass is 9.93. The normalized spacial score (nSPS) is 24.8. The van der Waals surface area contributed by atoms with Crippen molar-refractivity contribution in [3.8, 4) is 11.5 Å². The Morgan fingerprint density at radius 3 is 2.55 bits per heavy atom. The lowest BCUT2D eigenvalue weighted by Gasteiger charge is -2.32. The average molecular weight is 304 g/mol. The van der Waals surface area contributed by atoms with E-state index in [1.165, 1.54) is 30.4 Å². The van der Waals surface area contributed by atoms with Gasteiger partial charge < -0.3 is 30.3 Å². The highest BCUT2D eigenvalue weighted by Crippen LogP contribution is 2.41. The van der Waals surface area contributed by atoms with Crippen molar-refractivity contribution < 1.29 is 30.3 Å². The van der Waals surface area contributed by atoms with Gasteiger partial charge in [0.1, 0.15) is 23.4 Å². The van der Waals surface area contributed by atoms with Gasteiger partial charge in [-0.2, -0.15) is 0 Å². The second kappa shape index (κ2) is 5.31. The quantitative estimate of drug-likeness (QED) is 0.510. The fraction of sp³-hybridized carbons (Fsp3) is 0.250. The molecule has 5 N–H and O–H groups in total. The summed E-state index contributed by atoms with van der Waals surface area (Å²) in [5.74, 6) is -0.273. The molecule has 1 aromatic carbocycles. The fourth-order valence-electron chi connectivity index (χ4n) is 2.61. The van der Waals surface area contributed by atoms with Gasteiger partial charge in [-0.3, -0.25) is 0 Å². The first-order chi connectivity index (χ1) is 10.5. The van der Waals surface area contributed by atoms with Crippen molar-refractivity contribution >= 4 is 0 Å². The number of aliphatic hydroxyl groups excluding tert-OH is 3. The van der Waals surface area contributed by atoms with Gasteiger partial charge in [0.15, 0.2) is 11.5 Å². The molecule has 116 valence electrons. The Kier molecular flexibility index (Phi) is 3.46. The summed E-state index contributed by atoms with van der Waals surface area (Å²) in [7, 11) is 0. The molecule has 22 heavy (non-hydrogen) atoms. The van der Waals surface area contributed by atoms with E-state index in [4.69, 9.17) is 4.74 Å². The van der Waals surface area contributed by atoms with Crippen molar-refractivity contribution in [3.05, 3.63) is 58.8 Å². The minimum atomic E-state index is -0.932. The van der Waals surface area contributed by atoms with Crippen LogP contribution in [0.2, 0.25) is 0 Å². The number of phenols is 2. The summed E-state index contributed by atoms with van der Waals surface area (Å²) >= 11 is 0. The van der Waals surface area contributed by atoms with Gasteiger partial charge in [-0.1, -0.05) is 6.07 Å². The summed E-state index contributed by atoms with van der Waals surface area (Å²) in [5, 5.41) is 48.9. The second-order valence-electron chi connectivity index (χ2n) is 5.33. The minimum absolute atomic E-state index is 0.0276. The number of allylic oxidation sites excluding steroid dienone is 3. The molecule has 2 aliphatic rings. The van der Waals surface area contributed by atoms with Crippen LogP contribution < -0.4 is 0 Å². The highest BCUT2D eigenvalue weighted by Gasteiger charge is 2.34. The molecule has 0 saturated carbocycles. The molecule has 0 aromatic heterocycles. The Bertz CT molecular complexity index is 701. The van der Waals surface area contributed by atoms with Crippen LogP contribution in [0.15, 0.2) is 53.2 Å². The van der Waals surface area contributed by atoms with Crippen molar-refractivity contribution in [2.75, 3.05) is 0 Å². The summed E-state index contributed by atoms with van der Waals surface area (Å²) in [5.41, 5.74) is 0.932. The second-order valence-corrected chi connectivity index (χ2v) is 5.33. The van der Waals surface area contributed by atoms with E-state index in [1.54, 1.807) is 0 Å². The molecular weight excluding hydrogens is 288 g/mol. The summed E-state index contributed by atoms with van der Waals surface area (Å²) < 4.78 is 5.70. The van der Waals surface area contributed by atoms with Crippen molar-refractivity contribution in [1.29, 1.82) is 0 Å². The van der Waals surface area contributed by atoms with E-state index < -0.39 is 12.2 Å². The number of benzene rings is 1. The number of hydrogen-bond acceptors (Lipinski definition) is 6. The number of aromatic hydroxyl groups is 2. The first-order valence-electron chi connectivity index (χ1n) is 6.84. The molecule has 1 saturated heterocycles. The monoisotopic (exact) mass is 304 g/mol. The van der Waals surface area contributed by atoms with Crippen LogP contribution in [0.5, 0.6) is 11.5 Å². The molecule has 6 heteroatoms. The number of phenolic OH excluding ortho intramolecular Hbond substituents is 2. The van der Waals surface area contributed by atoms with Crippen LogP contribution in [0, 0.1) is 0 Å². The van der Waals surface area contributed by atoms with E-state index in [2.05, 4.69) is 0 Å². The number of fused-ring (bicyclic) bond motifs is 1. The van der Waals surface area contributed by atoms with Crippen LogP contribution in [0.1, 0.15) is 24.5 Å². The first kappa shape index (κ1) is 14.3. The highest BCUT2D eigenvalue weighted by molar-refractivity contribution is 5.44. The van der Waals surface area contributed by atoms with E-state index in [0.717, 1.165) is 0 Å². The number of hydrogen-bond donors (Lipinski definition) is 5. The molecule has 0 radical (unpaired) electrons. The van der Waals surface area contributed by atoms with E-state index in [0.29, 0.717) is 11.1 Å². The molecule has 2 atom stereocenters. The molecule has 0 unspecified atom stereocenters. The topological polar surface area (TPSA) is 110 Å². The van der Waals surface area contributed by atoms with Gasteiger partial charge in [-0.25, -0.2) is 0 Å². The van der Waals surface area contributed by atoms with Crippen LogP contribution in [-0.4, -0.2) is 31.6 Å². The molecular formula is C16H16O6. The largest absolute Gasteiger partial charge is 0.512 e. The van der Waals surface area contributed by atoms with Crippen LogP contribution in [0.4, 0.5) is 0 Å². The van der Waals surface area contributed by atoms with Crippen LogP contribution in [0.25, 0.3) is 0 Å². The summed E-state index contributed by atoms with van der Waals surface area (Å²) in [6.07, 6.45) is 1.45. The average Bonchev–Trinajstić information content (AvgIpc) is 2.61. The molecule has 0 spiro atoms. The maximum Gasteiger partial charge on any atom is 0.157 e. The van der Waals surface area contributed by atoms with E-state index in [9.17, 15) is 25.5 Å². The molecule has 6 nitrogen and oxygen atoms in total. The van der Waals surface area contributed by atoms with Gasteiger partial charge in [0.25, 0.3) is 0 Å². The van der Waals surface area contributed by atoms with Crippen LogP contribution in [-0.2, 0) is 4.74 Å². The minimum Gasteiger partial charge on any atom is -0.512 e. The number of rotatable bonds is 1. The van der Waals surface area contributed by atoms with Gasteiger partial charge in [0.05, 0.1) is 6.10 Å². The van der Waals surface area contributed by atoms with Crippen LogP contribution >= 0.6 is 0 Å². The van der Waals surface area contributed by atoms with Crippen LogP contribution in [0.3, 0.4) is 0 Å². The Morgan fingerprint density at radius 1 is 1.05 bits per heavy atom. The van der Waals surface area contributed by atoms with Crippen molar-refractivity contribution in [1.82, 2.24) is 0 Å². The number of ether oxygens (including phenoxy) is 1. The maximum atomic E-state index is 10.3. The Hall–Kier alpha value is -2.60. The van der Waals surface area contributed by atoms with E-state index >= 15 is 0 Å². The molecule has 1 aliphatic carbocycles. The molecule has 1 aliphatic heterocycles. The first-order valence-corrected chi connectivity index (χ1v) is 6.84. The van der Waals surface area contributed by atoms with Gasteiger partial charge in [0.2, 0.25) is 0 Å². The Labute approximate surface area is 126 Å². The van der Waals surface area contributed by atoms with Gasteiger partial charge in [0, 0.05) is 24.5 Å². The van der Waals surface area contributed by atoms with E-state index in [-0.39, 0.29) is 41.6 Å². The summed E-state index contributed by atoms with van der Waals surface area (Å²) in [6.45, 7) is 0. The summed E-state index contributed by atoms with van der Waals surface area (Å²) in [6, 6.07) is 4.15. The Morgan fingerprint density at radius 2 is 1.82 bits per heavy atom. The van der Waals surface area contributed by atoms with Gasteiger partial charge in [-0.05, 0) is 23.8 Å². The molecule has 0 bridgehead atoms. The third-order valence-corrected chi connectivity index (χ3v) is 3.77. The molecule has 1 fully saturated rings. The summed E-state index contributed by atoms with van der Waals surface area (Å²) in [4.78, 5) is 0. The zero-order chi connectivity index (χ0) is 15.9. The predicted octanol–water partition coefficient (Wildman–Crippen LogP) is 2.46. The standard InChI is InChI=1S/C16H16O6/c17-9-2-4-11(18)10-7-14(21)16(22-15(10)6-9)8-1-3-12(19)13(20)5-8/h1-3,5-6,14,16-21H,4,7H2/t14-,16+/m0/s1. The van der Waals surface area contributed by atoms with Gasteiger partial charge >= 0.3 is 0 Å². The highest BCUT2D eigenvalue weighted by atomic mass is 16.5. The van der Waals surface area contributed by atoms with Crippen molar-refractivity contribution in [3.63, 3.8) is 0 Å². The van der Waals surface area contributed by atoms with Gasteiger partial charge in [-0.15, -0.1) is 0 Å². The third kappa shape index (κ3) is 2.48. The predicted molar refractivity (Wildman–Crippen MR) is 77.3 cm³/mol.